The zero-order valence-electron chi connectivity index (χ0n) is 10.1. The van der Waals surface area contributed by atoms with Crippen molar-refractivity contribution in [2.24, 2.45) is 0 Å². The molecule has 0 radical (unpaired) electrons. The maximum Gasteiger partial charge on any atom is 0.412 e. The number of nitrogen functional groups attached to an aromatic ring is 1. The third-order valence-electron chi connectivity index (χ3n) is 2.47. The zero-order chi connectivity index (χ0) is 14.1. The van der Waals surface area contributed by atoms with Crippen LogP contribution in [0, 0.1) is 0 Å². The fourth-order valence-electron chi connectivity index (χ4n) is 1.54. The van der Waals surface area contributed by atoms with Crippen LogP contribution in [0.15, 0.2) is 29.6 Å². The molecule has 0 saturated carbocycles. The van der Waals surface area contributed by atoms with Crippen LogP contribution < -0.4 is 15.9 Å². The van der Waals surface area contributed by atoms with Crippen molar-refractivity contribution >= 4 is 49.7 Å². The second-order valence-electron chi connectivity index (χ2n) is 3.82. The van der Waals surface area contributed by atoms with Crippen LogP contribution in [0.1, 0.15) is 5.69 Å². The summed E-state index contributed by atoms with van der Waals surface area (Å²) in [5.74, 6) is -0.686. The summed E-state index contributed by atoms with van der Waals surface area (Å²) >= 11 is 2.48. The zero-order valence-corrected chi connectivity index (χ0v) is 11.7. The van der Waals surface area contributed by atoms with Gasteiger partial charge in [-0.15, -0.1) is 11.3 Å². The molecule has 0 unspecified atom stereocenters. The highest BCUT2D eigenvalue weighted by atomic mass is 32.1. The largest absolute Gasteiger partial charge is 0.412 e. The Bertz CT molecular complexity index is 776. The Morgan fingerprint density at radius 1 is 1.30 bits per heavy atom. The number of anilines is 1. The summed E-state index contributed by atoms with van der Waals surface area (Å²) < 4.78 is 6.09. The van der Waals surface area contributed by atoms with E-state index in [-0.39, 0.29) is 10.9 Å². The predicted molar refractivity (Wildman–Crippen MR) is 77.8 cm³/mol. The number of thiazole rings is 2. The summed E-state index contributed by atoms with van der Waals surface area (Å²) in [6.07, 6.45) is 0. The minimum Gasteiger partial charge on any atom is -0.390 e. The highest BCUT2D eigenvalue weighted by Gasteiger charge is 2.24. The van der Waals surface area contributed by atoms with Gasteiger partial charge in [0.05, 0.1) is 10.2 Å². The van der Waals surface area contributed by atoms with E-state index >= 15 is 0 Å². The van der Waals surface area contributed by atoms with E-state index in [1.54, 1.807) is 5.38 Å². The van der Waals surface area contributed by atoms with Crippen LogP contribution in [0.25, 0.3) is 10.2 Å². The lowest BCUT2D eigenvalue weighted by molar-refractivity contribution is -0.145. The molecular formula is C12H9N4O2S2+. The van der Waals surface area contributed by atoms with Gasteiger partial charge in [0.25, 0.3) is 5.19 Å². The van der Waals surface area contributed by atoms with Crippen molar-refractivity contribution in [3.05, 3.63) is 35.3 Å². The summed E-state index contributed by atoms with van der Waals surface area (Å²) in [5.41, 5.74) is 6.50. The van der Waals surface area contributed by atoms with E-state index in [2.05, 4.69) is 9.97 Å². The average molecular weight is 305 g/mol. The van der Waals surface area contributed by atoms with Crippen LogP contribution in [0.5, 0.6) is 5.19 Å². The predicted octanol–water partition coefficient (Wildman–Crippen LogP) is 0.489. The fraction of sp³-hybridized carbons (Fsp3) is 0. The maximum atomic E-state index is 11.9. The molecule has 0 aliphatic heterocycles. The van der Waals surface area contributed by atoms with E-state index in [4.69, 9.17) is 15.9 Å². The smallest absolute Gasteiger partial charge is 0.390 e. The number of benzene rings is 1. The number of aromatic nitrogens is 2. The molecule has 1 aromatic carbocycles. The van der Waals surface area contributed by atoms with Crippen molar-refractivity contribution in [3.63, 3.8) is 0 Å². The van der Waals surface area contributed by atoms with Crippen molar-refractivity contribution < 1.29 is 14.9 Å². The molecule has 8 heteroatoms. The lowest BCUT2D eigenvalue weighted by Crippen LogP contribution is -2.47. The Balaban J connectivity index is 1.80. The van der Waals surface area contributed by atoms with Crippen LogP contribution in [0.4, 0.5) is 5.13 Å². The van der Waals surface area contributed by atoms with E-state index in [9.17, 15) is 4.79 Å². The minimum atomic E-state index is -0.686. The van der Waals surface area contributed by atoms with Gasteiger partial charge in [-0.2, -0.15) is 0 Å². The van der Waals surface area contributed by atoms with E-state index in [0.29, 0.717) is 10.8 Å². The van der Waals surface area contributed by atoms with Gasteiger partial charge in [-0.05, 0) is 12.1 Å². The summed E-state index contributed by atoms with van der Waals surface area (Å²) in [5, 5.41) is 7.90. The van der Waals surface area contributed by atoms with Gasteiger partial charge in [0, 0.05) is 5.38 Å². The lowest BCUT2D eigenvalue weighted by atomic mass is 10.3. The molecule has 100 valence electrons. The molecule has 6 nitrogen and oxygen atoms in total. The summed E-state index contributed by atoms with van der Waals surface area (Å²) in [6, 6.07) is 7.51. The van der Waals surface area contributed by atoms with Crippen molar-refractivity contribution in [1.82, 2.24) is 9.97 Å². The van der Waals surface area contributed by atoms with Crippen LogP contribution in [0.3, 0.4) is 0 Å². The van der Waals surface area contributed by atoms with Gasteiger partial charge in [-0.25, -0.2) is 20.2 Å². The topological polar surface area (TPSA) is 104 Å². The standard InChI is InChI=1S/C12H8N4O2S2/c13-9(7-5-19-11(14)15-7)10(17)18-12-16-6-3-1-2-4-8(6)20-12/h1-5,13H,(H2,14,15)/p+1. The monoisotopic (exact) mass is 305 g/mol. The molecule has 0 aliphatic carbocycles. The van der Waals surface area contributed by atoms with Gasteiger partial charge in [-0.3, -0.25) is 0 Å². The van der Waals surface area contributed by atoms with E-state index < -0.39 is 5.97 Å². The van der Waals surface area contributed by atoms with Gasteiger partial charge < -0.3 is 10.5 Å². The number of hydrogen-bond donors (Lipinski definition) is 2. The third-order valence-corrected chi connectivity index (χ3v) is 4.06. The number of ether oxygens (including phenoxy) is 1. The molecule has 0 bridgehead atoms. The van der Waals surface area contributed by atoms with Crippen molar-refractivity contribution in [3.8, 4) is 5.19 Å². The van der Waals surface area contributed by atoms with Crippen LogP contribution in [-0.4, -0.2) is 21.6 Å². The Hall–Kier alpha value is -2.32. The number of carbonyl (C=O) groups excluding carboxylic acids is 1. The average Bonchev–Trinajstić information content (AvgIpc) is 3.03. The van der Waals surface area contributed by atoms with Crippen molar-refractivity contribution in [1.29, 1.82) is 0 Å². The second-order valence-corrected chi connectivity index (χ2v) is 5.70. The molecule has 2 aromatic heterocycles. The first-order chi connectivity index (χ1) is 9.63. The molecule has 0 saturated heterocycles. The first kappa shape index (κ1) is 12.7. The second kappa shape index (κ2) is 4.99. The number of esters is 1. The molecule has 3 rings (SSSR count). The van der Waals surface area contributed by atoms with E-state index in [1.807, 2.05) is 24.3 Å². The summed E-state index contributed by atoms with van der Waals surface area (Å²) in [4.78, 5) is 20.0. The van der Waals surface area contributed by atoms with Crippen LogP contribution in [-0.2, 0) is 4.79 Å². The summed E-state index contributed by atoms with van der Waals surface area (Å²) in [7, 11) is 0. The first-order valence-corrected chi connectivity index (χ1v) is 7.24. The van der Waals surface area contributed by atoms with Crippen LogP contribution in [0.2, 0.25) is 0 Å². The molecule has 20 heavy (non-hydrogen) atoms. The molecule has 0 amide bonds. The number of para-hydroxylation sites is 1. The van der Waals surface area contributed by atoms with Gasteiger partial charge in [0.15, 0.2) is 10.8 Å². The molecular weight excluding hydrogens is 296 g/mol. The summed E-state index contributed by atoms with van der Waals surface area (Å²) in [6.45, 7) is 0. The van der Waals surface area contributed by atoms with E-state index in [0.717, 1.165) is 10.2 Å². The highest BCUT2D eigenvalue weighted by Crippen LogP contribution is 2.27. The number of carbonyl (C=O) groups is 1. The molecule has 2 heterocycles. The molecule has 0 spiro atoms. The number of hydrogen-bond acceptors (Lipinski definition) is 7. The highest BCUT2D eigenvalue weighted by molar-refractivity contribution is 7.20. The van der Waals surface area contributed by atoms with Gasteiger partial charge in [-0.1, -0.05) is 23.5 Å². The molecule has 4 N–H and O–H groups in total. The molecule has 3 aromatic rings. The van der Waals surface area contributed by atoms with E-state index in [1.165, 1.54) is 22.7 Å². The third kappa shape index (κ3) is 2.38. The normalized spacial score (nSPS) is 10.6. The van der Waals surface area contributed by atoms with Crippen molar-refractivity contribution in [2.75, 3.05) is 5.73 Å². The molecule has 0 aliphatic rings. The lowest BCUT2D eigenvalue weighted by Gasteiger charge is -1.95. The number of nitrogens with two attached hydrogens (primary N) is 2. The van der Waals surface area contributed by atoms with Gasteiger partial charge in [0.1, 0.15) is 0 Å². The van der Waals surface area contributed by atoms with Crippen molar-refractivity contribution in [2.45, 2.75) is 0 Å². The Morgan fingerprint density at radius 3 is 2.80 bits per heavy atom. The number of nitrogens with zero attached hydrogens (tertiary/aromatic N) is 2. The number of rotatable bonds is 3. The maximum absolute atomic E-state index is 11.9. The van der Waals surface area contributed by atoms with Crippen LogP contribution >= 0.6 is 22.7 Å². The minimum absolute atomic E-state index is 0.0859. The SMILES string of the molecule is Nc1nc(C(=[NH2+])C(=O)Oc2nc3ccccc3s2)cs1. The molecule has 0 atom stereocenters. The Morgan fingerprint density at radius 2 is 2.10 bits per heavy atom. The van der Waals surface area contributed by atoms with Gasteiger partial charge >= 0.3 is 11.7 Å². The fourth-order valence-corrected chi connectivity index (χ4v) is 2.92. The molecule has 0 fully saturated rings. The first-order valence-electron chi connectivity index (χ1n) is 5.55. The Kier molecular flexibility index (Phi) is 3.17. The quantitative estimate of drug-likeness (QED) is 0.541. The van der Waals surface area contributed by atoms with Gasteiger partial charge in [0.2, 0.25) is 0 Å². The number of fused-ring (bicyclic) bond motifs is 1. The Labute approximate surface area is 121 Å².